The van der Waals surface area contributed by atoms with Crippen molar-refractivity contribution in [3.8, 4) is 5.69 Å². The van der Waals surface area contributed by atoms with Gasteiger partial charge in [0.1, 0.15) is 11.5 Å². The fourth-order valence-electron chi connectivity index (χ4n) is 1.44. The molecule has 1 N–H and O–H groups in total. The van der Waals surface area contributed by atoms with Crippen molar-refractivity contribution in [1.29, 1.82) is 0 Å². The lowest BCUT2D eigenvalue weighted by molar-refractivity contribution is 0.0688. The molecular weight excluding hydrogens is 233 g/mol. The maximum absolute atomic E-state index is 13.5. The molecule has 0 atom stereocenters. The number of benzene rings is 1. The number of aromatic nitrogens is 1. The van der Waals surface area contributed by atoms with Crippen molar-refractivity contribution >= 4 is 17.6 Å². The minimum Gasteiger partial charge on any atom is -0.477 e. The zero-order valence-electron chi connectivity index (χ0n) is 8.02. The molecule has 1 aromatic heterocycles. The first-order valence-electron chi connectivity index (χ1n) is 4.45. The third-order valence-electron chi connectivity index (χ3n) is 2.12. The summed E-state index contributed by atoms with van der Waals surface area (Å²) in [5, 5.41) is 9.18. The van der Waals surface area contributed by atoms with E-state index in [9.17, 15) is 9.18 Å². The Morgan fingerprint density at radius 2 is 2.06 bits per heavy atom. The summed E-state index contributed by atoms with van der Waals surface area (Å²) in [6, 6.07) is 7.17. The molecule has 0 spiro atoms. The molecule has 1 heterocycles. The summed E-state index contributed by atoms with van der Waals surface area (Å²) in [4.78, 5) is 10.9. The van der Waals surface area contributed by atoms with Gasteiger partial charge in [0.2, 0.25) is 0 Å². The molecular formula is C11H7ClFNO2. The number of carbonyl (C=O) groups is 1. The zero-order chi connectivity index (χ0) is 11.7. The Hall–Kier alpha value is -1.81. The van der Waals surface area contributed by atoms with Crippen molar-refractivity contribution in [3.63, 3.8) is 0 Å². The van der Waals surface area contributed by atoms with Gasteiger partial charge in [-0.05, 0) is 18.2 Å². The number of halogens is 2. The van der Waals surface area contributed by atoms with Gasteiger partial charge in [-0.15, -0.1) is 0 Å². The van der Waals surface area contributed by atoms with Gasteiger partial charge in [-0.2, -0.15) is 0 Å². The van der Waals surface area contributed by atoms with E-state index in [0.29, 0.717) is 0 Å². The van der Waals surface area contributed by atoms with E-state index in [-0.39, 0.29) is 16.4 Å². The second-order valence-corrected chi connectivity index (χ2v) is 3.61. The van der Waals surface area contributed by atoms with Crippen LogP contribution in [-0.2, 0) is 0 Å². The maximum atomic E-state index is 13.5. The molecule has 0 aliphatic rings. The van der Waals surface area contributed by atoms with Crippen LogP contribution in [0.25, 0.3) is 5.69 Å². The minimum atomic E-state index is -1.16. The smallest absolute Gasteiger partial charge is 0.352 e. The van der Waals surface area contributed by atoms with Crippen molar-refractivity contribution in [2.75, 3.05) is 0 Å². The van der Waals surface area contributed by atoms with Crippen LogP contribution in [0, 0.1) is 5.82 Å². The largest absolute Gasteiger partial charge is 0.477 e. The molecule has 3 nitrogen and oxygen atoms in total. The Morgan fingerprint density at radius 1 is 1.38 bits per heavy atom. The summed E-state index contributed by atoms with van der Waals surface area (Å²) < 4.78 is 14.7. The van der Waals surface area contributed by atoms with Crippen LogP contribution in [0.15, 0.2) is 36.5 Å². The highest BCUT2D eigenvalue weighted by molar-refractivity contribution is 6.31. The Kier molecular flexibility index (Phi) is 2.66. The molecule has 0 saturated heterocycles. The lowest BCUT2D eigenvalue weighted by Crippen LogP contribution is -2.06. The molecule has 16 heavy (non-hydrogen) atoms. The van der Waals surface area contributed by atoms with Crippen LogP contribution in [0.5, 0.6) is 0 Å². The van der Waals surface area contributed by atoms with Crippen LogP contribution in [0.4, 0.5) is 4.39 Å². The molecule has 2 aromatic rings. The summed E-state index contributed by atoms with van der Waals surface area (Å²) in [5.74, 6) is -1.66. The Balaban J connectivity index is 2.64. The SMILES string of the molecule is O=C(O)c1cc(Cl)cn1-c1ccccc1F. The quantitative estimate of drug-likeness (QED) is 0.876. The fraction of sp³-hybridized carbons (Fsp3) is 0. The van der Waals surface area contributed by atoms with E-state index in [0.717, 1.165) is 0 Å². The second-order valence-electron chi connectivity index (χ2n) is 3.17. The molecule has 1 aromatic carbocycles. The van der Waals surface area contributed by atoms with Crippen LogP contribution in [0.2, 0.25) is 5.02 Å². The van der Waals surface area contributed by atoms with Gasteiger partial charge in [-0.3, -0.25) is 0 Å². The van der Waals surface area contributed by atoms with Crippen molar-refractivity contribution < 1.29 is 14.3 Å². The predicted octanol–water partition coefficient (Wildman–Crippen LogP) is 2.97. The molecule has 82 valence electrons. The van der Waals surface area contributed by atoms with Crippen molar-refractivity contribution in [2.24, 2.45) is 0 Å². The molecule has 0 saturated carbocycles. The van der Waals surface area contributed by atoms with Crippen molar-refractivity contribution in [3.05, 3.63) is 53.1 Å². The predicted molar refractivity (Wildman–Crippen MR) is 57.7 cm³/mol. The lowest BCUT2D eigenvalue weighted by Gasteiger charge is -2.06. The highest BCUT2D eigenvalue weighted by atomic mass is 35.5. The molecule has 0 bridgehead atoms. The first-order chi connectivity index (χ1) is 7.59. The third-order valence-corrected chi connectivity index (χ3v) is 2.32. The summed E-state index contributed by atoms with van der Waals surface area (Å²) >= 11 is 5.71. The molecule has 2 rings (SSSR count). The average molecular weight is 240 g/mol. The molecule has 0 unspecified atom stereocenters. The standard InChI is InChI=1S/C11H7ClFNO2/c12-7-5-10(11(15)16)14(6-7)9-4-2-1-3-8(9)13/h1-6H,(H,15,16). The topological polar surface area (TPSA) is 42.2 Å². The number of hydrogen-bond acceptors (Lipinski definition) is 1. The summed E-state index contributed by atoms with van der Waals surface area (Å²) in [5.41, 5.74) is 0.0851. The van der Waals surface area contributed by atoms with Crippen molar-refractivity contribution in [1.82, 2.24) is 4.57 Å². The Morgan fingerprint density at radius 3 is 2.69 bits per heavy atom. The van der Waals surface area contributed by atoms with E-state index in [4.69, 9.17) is 16.7 Å². The number of carboxylic acids is 1. The van der Waals surface area contributed by atoms with E-state index >= 15 is 0 Å². The summed E-state index contributed by atoms with van der Waals surface area (Å²) in [7, 11) is 0. The van der Waals surface area contributed by atoms with Gasteiger partial charge in [0.15, 0.2) is 0 Å². The number of hydrogen-bond donors (Lipinski definition) is 1. The van der Waals surface area contributed by atoms with Gasteiger partial charge < -0.3 is 9.67 Å². The Bertz CT molecular complexity index is 551. The average Bonchev–Trinajstić information content (AvgIpc) is 2.61. The third kappa shape index (κ3) is 1.79. The first kappa shape index (κ1) is 10.7. The molecule has 5 heteroatoms. The van der Waals surface area contributed by atoms with E-state index < -0.39 is 11.8 Å². The number of para-hydroxylation sites is 1. The van der Waals surface area contributed by atoms with Gasteiger partial charge in [-0.25, -0.2) is 9.18 Å². The van der Waals surface area contributed by atoms with E-state index in [1.54, 1.807) is 6.07 Å². The van der Waals surface area contributed by atoms with E-state index in [1.165, 1.54) is 35.0 Å². The highest BCUT2D eigenvalue weighted by Gasteiger charge is 2.15. The van der Waals surface area contributed by atoms with Crippen LogP contribution >= 0.6 is 11.6 Å². The number of rotatable bonds is 2. The number of nitrogens with zero attached hydrogens (tertiary/aromatic N) is 1. The van der Waals surface area contributed by atoms with Crippen LogP contribution in [0.3, 0.4) is 0 Å². The highest BCUT2D eigenvalue weighted by Crippen LogP contribution is 2.21. The summed E-state index contributed by atoms with van der Waals surface area (Å²) in [6.07, 6.45) is 1.36. The normalized spacial score (nSPS) is 10.4. The van der Waals surface area contributed by atoms with Gasteiger partial charge in [0, 0.05) is 6.20 Å². The van der Waals surface area contributed by atoms with Gasteiger partial charge in [0.25, 0.3) is 0 Å². The second kappa shape index (κ2) is 3.98. The maximum Gasteiger partial charge on any atom is 0.352 e. The molecule has 0 aliphatic heterocycles. The lowest BCUT2D eigenvalue weighted by atomic mass is 10.3. The molecule has 0 fully saturated rings. The zero-order valence-corrected chi connectivity index (χ0v) is 8.78. The van der Waals surface area contributed by atoms with Gasteiger partial charge >= 0.3 is 5.97 Å². The molecule has 0 amide bonds. The molecule has 0 radical (unpaired) electrons. The van der Waals surface area contributed by atoms with Crippen LogP contribution in [0.1, 0.15) is 10.5 Å². The minimum absolute atomic E-state index is 0.0740. The van der Waals surface area contributed by atoms with Crippen LogP contribution < -0.4 is 0 Å². The number of carboxylic acid groups (broad SMARTS) is 1. The van der Waals surface area contributed by atoms with Gasteiger partial charge in [0.05, 0.1) is 10.7 Å². The van der Waals surface area contributed by atoms with Gasteiger partial charge in [-0.1, -0.05) is 23.7 Å². The van der Waals surface area contributed by atoms with E-state index in [1.807, 2.05) is 0 Å². The number of aromatic carboxylic acids is 1. The van der Waals surface area contributed by atoms with Crippen LogP contribution in [-0.4, -0.2) is 15.6 Å². The first-order valence-corrected chi connectivity index (χ1v) is 4.83. The molecule has 0 aliphatic carbocycles. The monoisotopic (exact) mass is 239 g/mol. The fourth-order valence-corrected chi connectivity index (χ4v) is 1.64. The summed E-state index contributed by atoms with van der Waals surface area (Å²) in [6.45, 7) is 0. The Labute approximate surface area is 95.7 Å². The van der Waals surface area contributed by atoms with E-state index in [2.05, 4.69) is 0 Å². The van der Waals surface area contributed by atoms with Crippen molar-refractivity contribution in [2.45, 2.75) is 0 Å².